The summed E-state index contributed by atoms with van der Waals surface area (Å²) in [5.74, 6) is 0.0358. The van der Waals surface area contributed by atoms with Crippen molar-refractivity contribution in [2.24, 2.45) is 5.14 Å². The lowest BCUT2D eigenvalue weighted by Gasteiger charge is -2.01. The minimum atomic E-state index is -3.31. The molecular formula is C8H13BrN2O2S2. The van der Waals surface area contributed by atoms with E-state index in [9.17, 15) is 8.42 Å². The molecule has 0 aliphatic rings. The van der Waals surface area contributed by atoms with E-state index in [4.69, 9.17) is 5.14 Å². The van der Waals surface area contributed by atoms with Gasteiger partial charge < -0.3 is 5.32 Å². The van der Waals surface area contributed by atoms with E-state index in [-0.39, 0.29) is 5.75 Å². The molecule has 0 saturated carbocycles. The van der Waals surface area contributed by atoms with E-state index in [2.05, 4.69) is 21.2 Å². The fourth-order valence-electron chi connectivity index (χ4n) is 1.06. The van der Waals surface area contributed by atoms with Crippen molar-refractivity contribution in [2.45, 2.75) is 13.0 Å². The summed E-state index contributed by atoms with van der Waals surface area (Å²) >= 11 is 5.03. The lowest BCUT2D eigenvalue weighted by molar-refractivity contribution is 0.590. The molecule has 15 heavy (non-hydrogen) atoms. The number of halogens is 1. The average molecular weight is 313 g/mol. The van der Waals surface area contributed by atoms with Crippen molar-refractivity contribution in [3.8, 4) is 0 Å². The lowest BCUT2D eigenvalue weighted by atomic mass is 10.4. The molecule has 1 aromatic heterocycles. The molecule has 1 heterocycles. The minimum Gasteiger partial charge on any atom is -0.312 e. The molecule has 1 aromatic rings. The van der Waals surface area contributed by atoms with Gasteiger partial charge in [-0.3, -0.25) is 0 Å². The van der Waals surface area contributed by atoms with Crippen LogP contribution >= 0.6 is 27.3 Å². The largest absolute Gasteiger partial charge is 0.312 e. The number of rotatable bonds is 6. The molecule has 0 saturated heterocycles. The summed E-state index contributed by atoms with van der Waals surface area (Å²) in [5.41, 5.74) is 0. The Kier molecular flexibility index (Phi) is 5.20. The minimum absolute atomic E-state index is 0.0358. The Morgan fingerprint density at radius 2 is 2.27 bits per heavy atom. The first kappa shape index (κ1) is 13.1. The Labute approximate surface area is 102 Å². The Morgan fingerprint density at radius 3 is 2.80 bits per heavy atom. The molecule has 7 heteroatoms. The van der Waals surface area contributed by atoms with Gasteiger partial charge in [-0.2, -0.15) is 0 Å². The topological polar surface area (TPSA) is 72.2 Å². The highest BCUT2D eigenvalue weighted by atomic mass is 79.9. The van der Waals surface area contributed by atoms with Gasteiger partial charge in [-0.15, -0.1) is 11.3 Å². The molecule has 0 spiro atoms. The summed E-state index contributed by atoms with van der Waals surface area (Å²) in [5, 5.41) is 10.0. The van der Waals surface area contributed by atoms with Crippen LogP contribution in [0, 0.1) is 0 Å². The Balaban J connectivity index is 2.12. The second-order valence-corrected chi connectivity index (χ2v) is 6.77. The second kappa shape index (κ2) is 5.95. The third kappa shape index (κ3) is 6.26. The van der Waals surface area contributed by atoms with Gasteiger partial charge in [0.05, 0.1) is 5.75 Å². The van der Waals surface area contributed by atoms with Crippen LogP contribution in [0.5, 0.6) is 0 Å². The predicted octanol–water partition coefficient (Wildman–Crippen LogP) is 1.28. The zero-order chi connectivity index (χ0) is 11.3. The van der Waals surface area contributed by atoms with Crippen LogP contribution in [0.25, 0.3) is 0 Å². The highest BCUT2D eigenvalue weighted by Crippen LogP contribution is 2.19. The van der Waals surface area contributed by atoms with Crippen molar-refractivity contribution in [1.82, 2.24) is 5.32 Å². The van der Waals surface area contributed by atoms with E-state index in [1.165, 1.54) is 4.88 Å². The maximum absolute atomic E-state index is 10.6. The van der Waals surface area contributed by atoms with Crippen LogP contribution in [0.3, 0.4) is 0 Å². The van der Waals surface area contributed by atoms with Gasteiger partial charge in [0.15, 0.2) is 0 Å². The van der Waals surface area contributed by atoms with Crippen LogP contribution in [0.15, 0.2) is 15.9 Å². The molecule has 0 aliphatic heterocycles. The smallest absolute Gasteiger partial charge is 0.209 e. The molecule has 4 nitrogen and oxygen atoms in total. The van der Waals surface area contributed by atoms with Crippen LogP contribution in [-0.4, -0.2) is 20.7 Å². The Bertz CT molecular complexity index is 403. The summed E-state index contributed by atoms with van der Waals surface area (Å²) < 4.78 is 22.3. The lowest BCUT2D eigenvalue weighted by Crippen LogP contribution is -2.21. The molecule has 0 aromatic carbocycles. The highest BCUT2D eigenvalue weighted by molar-refractivity contribution is 9.10. The number of thiophene rings is 1. The van der Waals surface area contributed by atoms with Gasteiger partial charge in [-0.25, -0.2) is 13.6 Å². The van der Waals surface area contributed by atoms with Gasteiger partial charge in [-0.1, -0.05) is 0 Å². The number of hydrogen-bond acceptors (Lipinski definition) is 4. The number of hydrogen-bond donors (Lipinski definition) is 2. The standard InChI is InChI=1S/C8H13BrN2O2S2/c9-7-4-8(14-6-7)5-11-2-1-3-15(10,12)13/h4,6,11H,1-3,5H2,(H2,10,12,13). The molecule has 0 amide bonds. The van der Waals surface area contributed by atoms with Crippen LogP contribution in [0.4, 0.5) is 0 Å². The third-order valence-corrected chi connectivity index (χ3v) is 4.26. The molecule has 0 fully saturated rings. The van der Waals surface area contributed by atoms with E-state index in [0.29, 0.717) is 13.0 Å². The first-order valence-corrected chi connectivity index (χ1v) is 7.80. The van der Waals surface area contributed by atoms with Gasteiger partial charge in [0, 0.05) is 21.3 Å². The fourth-order valence-corrected chi connectivity index (χ4v) is 3.02. The molecule has 0 aliphatic carbocycles. The molecule has 0 atom stereocenters. The van der Waals surface area contributed by atoms with Gasteiger partial charge in [0.1, 0.15) is 0 Å². The molecule has 0 unspecified atom stereocenters. The quantitative estimate of drug-likeness (QED) is 0.777. The van der Waals surface area contributed by atoms with Crippen molar-refractivity contribution in [3.63, 3.8) is 0 Å². The maximum atomic E-state index is 10.6. The first-order chi connectivity index (χ1) is 6.97. The molecule has 0 bridgehead atoms. The molecule has 86 valence electrons. The van der Waals surface area contributed by atoms with Crippen LogP contribution in [-0.2, 0) is 16.6 Å². The highest BCUT2D eigenvalue weighted by Gasteiger charge is 2.01. The van der Waals surface area contributed by atoms with Crippen molar-refractivity contribution in [1.29, 1.82) is 0 Å². The normalized spacial score (nSPS) is 11.9. The zero-order valence-electron chi connectivity index (χ0n) is 8.07. The van der Waals surface area contributed by atoms with E-state index in [0.717, 1.165) is 11.0 Å². The summed E-state index contributed by atoms with van der Waals surface area (Å²) in [6.07, 6.45) is 0.547. The van der Waals surface area contributed by atoms with Crippen LogP contribution in [0.1, 0.15) is 11.3 Å². The maximum Gasteiger partial charge on any atom is 0.209 e. The third-order valence-electron chi connectivity index (χ3n) is 1.70. The van der Waals surface area contributed by atoms with Gasteiger partial charge >= 0.3 is 0 Å². The van der Waals surface area contributed by atoms with E-state index < -0.39 is 10.0 Å². The summed E-state index contributed by atoms with van der Waals surface area (Å²) in [6.45, 7) is 1.42. The number of nitrogens with two attached hydrogens (primary N) is 1. The fraction of sp³-hybridized carbons (Fsp3) is 0.500. The first-order valence-electron chi connectivity index (χ1n) is 4.41. The van der Waals surface area contributed by atoms with Gasteiger partial charge in [-0.05, 0) is 35.0 Å². The second-order valence-electron chi connectivity index (χ2n) is 3.13. The number of sulfonamides is 1. The van der Waals surface area contributed by atoms with Crippen molar-refractivity contribution < 1.29 is 8.42 Å². The SMILES string of the molecule is NS(=O)(=O)CCCNCc1cc(Br)cs1. The van der Waals surface area contributed by atoms with Crippen LogP contribution < -0.4 is 10.5 Å². The van der Waals surface area contributed by atoms with Crippen molar-refractivity contribution in [2.75, 3.05) is 12.3 Å². The van der Waals surface area contributed by atoms with E-state index >= 15 is 0 Å². The molecular weight excluding hydrogens is 300 g/mol. The summed E-state index contributed by atoms with van der Waals surface area (Å²) in [7, 11) is -3.31. The molecule has 0 radical (unpaired) electrons. The average Bonchev–Trinajstić information content (AvgIpc) is 2.49. The number of primary sulfonamides is 1. The number of nitrogens with one attached hydrogen (secondary N) is 1. The predicted molar refractivity (Wildman–Crippen MR) is 66.3 cm³/mol. The van der Waals surface area contributed by atoms with Gasteiger partial charge in [0.25, 0.3) is 0 Å². The summed E-state index contributed by atoms with van der Waals surface area (Å²) in [6, 6.07) is 2.04. The van der Waals surface area contributed by atoms with E-state index in [1.54, 1.807) is 11.3 Å². The van der Waals surface area contributed by atoms with Gasteiger partial charge in [0.2, 0.25) is 10.0 Å². The van der Waals surface area contributed by atoms with Crippen LogP contribution in [0.2, 0.25) is 0 Å². The monoisotopic (exact) mass is 312 g/mol. The Hall–Kier alpha value is 0.0500. The summed E-state index contributed by atoms with van der Waals surface area (Å²) in [4.78, 5) is 1.22. The van der Waals surface area contributed by atoms with Crippen molar-refractivity contribution >= 4 is 37.3 Å². The van der Waals surface area contributed by atoms with E-state index in [1.807, 2.05) is 11.4 Å². The van der Waals surface area contributed by atoms with Crippen molar-refractivity contribution in [3.05, 3.63) is 20.8 Å². The molecule has 3 N–H and O–H groups in total. The molecule has 1 rings (SSSR count). The zero-order valence-corrected chi connectivity index (χ0v) is 11.3. The Morgan fingerprint density at radius 1 is 1.53 bits per heavy atom.